The van der Waals surface area contributed by atoms with Gasteiger partial charge in [-0.1, -0.05) is 69.2 Å². The van der Waals surface area contributed by atoms with Crippen LogP contribution in [0.15, 0.2) is 18.2 Å². The largest absolute Gasteiger partial charge is 0.395 e. The summed E-state index contributed by atoms with van der Waals surface area (Å²) in [5.74, 6) is -0.738. The number of nitrogens with zero attached hydrogens (tertiary/aromatic N) is 3. The Balaban J connectivity index is 2.83. The summed E-state index contributed by atoms with van der Waals surface area (Å²) < 4.78 is 0. The van der Waals surface area contributed by atoms with Crippen LogP contribution >= 0.6 is 0 Å². The van der Waals surface area contributed by atoms with E-state index in [1.807, 2.05) is 12.1 Å². The second-order valence-corrected chi connectivity index (χ2v) is 17.0. The Morgan fingerprint density at radius 2 is 1.17 bits per heavy atom. The summed E-state index contributed by atoms with van der Waals surface area (Å²) in [6.45, 7) is 21.9. The SMILES string of the molecule is CC(C)(C)CC(c1cc(C(=O)N(CCO)CCO)cc(C(=O)N(CCO)CCO)c1)C(C)(C)C(C)(C)CC(N1CCCC1=O)C(C)(C)C. The van der Waals surface area contributed by atoms with Gasteiger partial charge in [-0.15, -0.1) is 0 Å². The number of likely N-dealkylation sites (tertiary alicyclic amines) is 1. The van der Waals surface area contributed by atoms with E-state index in [0.29, 0.717) is 6.42 Å². The van der Waals surface area contributed by atoms with Crippen molar-refractivity contribution in [3.05, 3.63) is 34.9 Å². The van der Waals surface area contributed by atoms with Crippen LogP contribution in [-0.2, 0) is 4.79 Å². The fourth-order valence-corrected chi connectivity index (χ4v) is 7.08. The summed E-state index contributed by atoms with van der Waals surface area (Å²) in [6.07, 6.45) is 2.95. The minimum atomic E-state index is -0.406. The summed E-state index contributed by atoms with van der Waals surface area (Å²) in [5, 5.41) is 38.7. The van der Waals surface area contributed by atoms with Gasteiger partial charge in [-0.25, -0.2) is 0 Å². The molecule has 1 heterocycles. The molecule has 1 aromatic carbocycles. The molecule has 1 aromatic rings. The first kappa shape index (κ1) is 41.6. The number of aliphatic hydroxyl groups is 4. The molecule has 0 radical (unpaired) electrons. The van der Waals surface area contributed by atoms with Crippen LogP contribution in [0.4, 0.5) is 0 Å². The molecule has 10 nitrogen and oxygen atoms in total. The average Bonchev–Trinajstić information content (AvgIpc) is 3.41. The molecular weight excluding hydrogens is 610 g/mol. The minimum absolute atomic E-state index is 0.0261. The molecule has 0 aromatic heterocycles. The van der Waals surface area contributed by atoms with Crippen LogP contribution in [0, 0.1) is 21.7 Å². The first-order valence-electron chi connectivity index (χ1n) is 17.6. The smallest absolute Gasteiger partial charge is 0.254 e. The maximum absolute atomic E-state index is 13.9. The zero-order valence-electron chi connectivity index (χ0n) is 31.4. The van der Waals surface area contributed by atoms with Crippen molar-refractivity contribution in [3.63, 3.8) is 0 Å². The van der Waals surface area contributed by atoms with Crippen LogP contribution in [0.1, 0.15) is 127 Å². The number of benzene rings is 1. The van der Waals surface area contributed by atoms with E-state index in [2.05, 4.69) is 74.1 Å². The molecule has 274 valence electrons. The lowest BCUT2D eigenvalue weighted by atomic mass is 9.54. The zero-order chi connectivity index (χ0) is 36.7. The summed E-state index contributed by atoms with van der Waals surface area (Å²) in [4.78, 5) is 45.7. The van der Waals surface area contributed by atoms with E-state index < -0.39 is 17.2 Å². The lowest BCUT2D eigenvalue weighted by Crippen LogP contribution is -2.50. The Bertz CT molecular complexity index is 1170. The van der Waals surface area contributed by atoms with Crippen molar-refractivity contribution in [2.75, 3.05) is 59.2 Å². The van der Waals surface area contributed by atoms with Crippen molar-refractivity contribution in [2.24, 2.45) is 21.7 Å². The van der Waals surface area contributed by atoms with Gasteiger partial charge in [-0.2, -0.15) is 0 Å². The monoisotopic (exact) mass is 675 g/mol. The molecule has 0 bridgehead atoms. The fraction of sp³-hybridized carbons (Fsp3) is 0.763. The number of amides is 3. The Hall–Kier alpha value is -2.53. The summed E-state index contributed by atoms with van der Waals surface area (Å²) in [5.41, 5.74) is 0.374. The van der Waals surface area contributed by atoms with Crippen molar-refractivity contribution in [3.8, 4) is 0 Å². The van der Waals surface area contributed by atoms with Gasteiger partial charge in [0.2, 0.25) is 5.91 Å². The number of hydrogen-bond acceptors (Lipinski definition) is 7. The molecule has 1 fully saturated rings. The molecule has 2 rings (SSSR count). The van der Waals surface area contributed by atoms with Crippen LogP contribution in [0.25, 0.3) is 0 Å². The molecule has 0 aliphatic carbocycles. The maximum atomic E-state index is 13.9. The molecule has 48 heavy (non-hydrogen) atoms. The highest BCUT2D eigenvalue weighted by Crippen LogP contribution is 2.56. The van der Waals surface area contributed by atoms with Crippen molar-refractivity contribution in [2.45, 2.75) is 107 Å². The van der Waals surface area contributed by atoms with E-state index in [-0.39, 0.29) is 97.8 Å². The molecule has 2 unspecified atom stereocenters. The predicted molar refractivity (Wildman–Crippen MR) is 190 cm³/mol. The fourth-order valence-electron chi connectivity index (χ4n) is 7.08. The molecule has 1 saturated heterocycles. The molecule has 0 saturated carbocycles. The Morgan fingerprint density at radius 1 is 0.729 bits per heavy atom. The molecule has 4 N–H and O–H groups in total. The summed E-state index contributed by atoms with van der Waals surface area (Å²) in [7, 11) is 0. The lowest BCUT2D eigenvalue weighted by Gasteiger charge is -2.53. The maximum Gasteiger partial charge on any atom is 0.254 e. The molecular formula is C38H65N3O7. The molecule has 1 aliphatic rings. The van der Waals surface area contributed by atoms with Gasteiger partial charge < -0.3 is 35.1 Å². The Morgan fingerprint density at radius 3 is 1.50 bits per heavy atom. The molecule has 2 atom stereocenters. The second kappa shape index (κ2) is 16.9. The first-order valence-corrected chi connectivity index (χ1v) is 17.6. The van der Waals surface area contributed by atoms with Gasteiger partial charge in [-0.05, 0) is 70.6 Å². The highest BCUT2D eigenvalue weighted by Gasteiger charge is 2.49. The van der Waals surface area contributed by atoms with Gasteiger partial charge >= 0.3 is 0 Å². The quantitative estimate of drug-likeness (QED) is 0.190. The van der Waals surface area contributed by atoms with Crippen LogP contribution in [0.3, 0.4) is 0 Å². The third-order valence-corrected chi connectivity index (χ3v) is 10.5. The molecule has 3 amide bonds. The zero-order valence-corrected chi connectivity index (χ0v) is 31.4. The molecule has 10 heteroatoms. The topological polar surface area (TPSA) is 142 Å². The second-order valence-electron chi connectivity index (χ2n) is 17.0. The van der Waals surface area contributed by atoms with Gasteiger partial charge in [-0.3, -0.25) is 14.4 Å². The van der Waals surface area contributed by atoms with Crippen molar-refractivity contribution in [1.82, 2.24) is 14.7 Å². The minimum Gasteiger partial charge on any atom is -0.395 e. The normalized spacial score (nSPS) is 15.9. The molecule has 1 aliphatic heterocycles. The first-order chi connectivity index (χ1) is 22.1. The summed E-state index contributed by atoms with van der Waals surface area (Å²) >= 11 is 0. The van der Waals surface area contributed by atoms with Crippen LogP contribution in [-0.4, -0.2) is 118 Å². The van der Waals surface area contributed by atoms with E-state index in [4.69, 9.17) is 0 Å². The van der Waals surface area contributed by atoms with E-state index in [1.165, 1.54) is 9.80 Å². The van der Waals surface area contributed by atoms with Gasteiger partial charge in [0, 0.05) is 56.3 Å². The Labute approximate surface area is 289 Å². The van der Waals surface area contributed by atoms with Gasteiger partial charge in [0.25, 0.3) is 11.8 Å². The van der Waals surface area contributed by atoms with E-state index >= 15 is 0 Å². The highest BCUT2D eigenvalue weighted by molar-refractivity contribution is 6.00. The van der Waals surface area contributed by atoms with Gasteiger partial charge in [0.1, 0.15) is 0 Å². The van der Waals surface area contributed by atoms with Crippen molar-refractivity contribution >= 4 is 17.7 Å². The number of carbonyl (C=O) groups excluding carboxylic acids is 3. The predicted octanol–water partition coefficient (Wildman–Crippen LogP) is 4.54. The lowest BCUT2D eigenvalue weighted by molar-refractivity contribution is -0.133. The molecule has 0 spiro atoms. The van der Waals surface area contributed by atoms with E-state index in [0.717, 1.165) is 31.4 Å². The number of carbonyl (C=O) groups is 3. The third-order valence-electron chi connectivity index (χ3n) is 10.5. The average molecular weight is 676 g/mol. The van der Waals surface area contributed by atoms with Crippen molar-refractivity contribution < 1.29 is 34.8 Å². The van der Waals surface area contributed by atoms with E-state index in [9.17, 15) is 34.8 Å². The third kappa shape index (κ3) is 10.5. The van der Waals surface area contributed by atoms with Crippen LogP contribution < -0.4 is 0 Å². The number of rotatable bonds is 17. The summed E-state index contributed by atoms with van der Waals surface area (Å²) in [6, 6.07) is 5.27. The highest BCUT2D eigenvalue weighted by atomic mass is 16.3. The van der Waals surface area contributed by atoms with Gasteiger partial charge in [0.15, 0.2) is 0 Å². The van der Waals surface area contributed by atoms with Crippen LogP contribution in [0.2, 0.25) is 0 Å². The van der Waals surface area contributed by atoms with Gasteiger partial charge in [0.05, 0.1) is 26.4 Å². The Kier molecular flexibility index (Phi) is 14.7. The van der Waals surface area contributed by atoms with E-state index in [1.54, 1.807) is 6.07 Å². The standard InChI is InChI=1S/C38H65N3O7/c1-35(2,3)25-30(38(9,10)37(7,8)26-31(36(4,5)6)41-13-11-12-32(41)46)27-22-28(33(47)39(14-18-42)15-19-43)24-29(23-27)34(48)40(16-20-44)17-21-45/h22-24,30-31,42-45H,11-21,25-26H2,1-10H3. The number of aliphatic hydroxyl groups excluding tert-OH is 4. The van der Waals surface area contributed by atoms with Crippen LogP contribution in [0.5, 0.6) is 0 Å². The number of hydrogen-bond donors (Lipinski definition) is 4. The van der Waals surface area contributed by atoms with Crippen molar-refractivity contribution in [1.29, 1.82) is 0 Å².